The highest BCUT2D eigenvalue weighted by atomic mass is 16.7. The fraction of sp³-hybridized carbons (Fsp3) is 0.357. The Kier molecular flexibility index (Phi) is 6.11. The fourth-order valence-electron chi connectivity index (χ4n) is 5.83. The van der Waals surface area contributed by atoms with E-state index in [-0.39, 0.29) is 36.3 Å². The first kappa shape index (κ1) is 24.2. The van der Waals surface area contributed by atoms with Gasteiger partial charge in [0.2, 0.25) is 12.5 Å². The summed E-state index contributed by atoms with van der Waals surface area (Å²) in [6, 6.07) is 11.1. The predicted octanol–water partition coefficient (Wildman–Crippen LogP) is 3.88. The summed E-state index contributed by atoms with van der Waals surface area (Å²) in [5.74, 6) is 2.32. The summed E-state index contributed by atoms with van der Waals surface area (Å²) in [6.07, 6.45) is 1.50. The minimum atomic E-state index is -0.438. The van der Waals surface area contributed by atoms with Crippen molar-refractivity contribution in [3.63, 3.8) is 0 Å². The number of carbonyl (C=O) groups is 1. The predicted molar refractivity (Wildman–Crippen MR) is 135 cm³/mol. The molecular weight excluding hydrogens is 492 g/mol. The Bertz CT molecular complexity index is 1350. The molecule has 0 amide bonds. The average Bonchev–Trinajstić information content (AvgIpc) is 3.62. The van der Waals surface area contributed by atoms with Crippen LogP contribution in [0.5, 0.6) is 28.7 Å². The van der Waals surface area contributed by atoms with Crippen LogP contribution in [0.1, 0.15) is 39.0 Å². The number of benzene rings is 2. The Morgan fingerprint density at radius 2 is 1.66 bits per heavy atom. The third-order valence-electron chi connectivity index (χ3n) is 7.62. The largest absolute Gasteiger partial charge is 0.502 e. The van der Waals surface area contributed by atoms with Gasteiger partial charge >= 0.3 is 5.97 Å². The molecule has 198 valence electrons. The minimum absolute atomic E-state index is 0.0410. The first-order chi connectivity index (χ1) is 18.5. The van der Waals surface area contributed by atoms with Gasteiger partial charge in [-0.25, -0.2) is 9.78 Å². The lowest BCUT2D eigenvalue weighted by atomic mass is 9.65. The van der Waals surface area contributed by atoms with E-state index in [1.807, 2.05) is 24.3 Å². The molecule has 38 heavy (non-hydrogen) atoms. The lowest BCUT2D eigenvalue weighted by Crippen LogP contribution is -2.36. The number of fused-ring (bicyclic) bond motifs is 3. The van der Waals surface area contributed by atoms with Gasteiger partial charge < -0.3 is 38.8 Å². The van der Waals surface area contributed by atoms with Crippen molar-refractivity contribution in [1.29, 1.82) is 0 Å². The summed E-state index contributed by atoms with van der Waals surface area (Å²) in [5, 5.41) is 14.1. The number of rotatable bonds is 6. The van der Waals surface area contributed by atoms with E-state index in [1.54, 1.807) is 12.1 Å². The van der Waals surface area contributed by atoms with Gasteiger partial charge in [0, 0.05) is 24.0 Å². The zero-order valence-corrected chi connectivity index (χ0v) is 21.2. The number of carbonyl (C=O) groups excluding carboxylic acids is 1. The van der Waals surface area contributed by atoms with Crippen LogP contribution in [0.25, 0.3) is 0 Å². The number of hydrogen-bond donors (Lipinski definition) is 2. The number of phenolic OH excluding ortho intramolecular Hbond substituents is 1. The first-order valence-electron chi connectivity index (χ1n) is 12.3. The maximum atomic E-state index is 11.9. The van der Waals surface area contributed by atoms with Gasteiger partial charge in [-0.05, 0) is 53.1 Å². The van der Waals surface area contributed by atoms with Crippen molar-refractivity contribution in [2.24, 2.45) is 11.8 Å². The van der Waals surface area contributed by atoms with Crippen molar-refractivity contribution in [1.82, 2.24) is 4.98 Å². The standard InChI is InChI=1S/C28H28N2O8/c1-33-22-6-15(7-23(34-2)27(22)31)25-16-8-20-21(38-13-37-20)9-17(16)26(19-12-36-11-18(19)25)30-24-5-4-14(10-29-24)28(32)35-3/h4-10,18-19,25-26,31H,11-13H2,1-3H3,(H,29,30)/t18-,19-,25?,26+/m0/s1. The van der Waals surface area contributed by atoms with Crippen LogP contribution in [0.4, 0.5) is 5.82 Å². The number of methoxy groups -OCH3 is 3. The van der Waals surface area contributed by atoms with Crippen molar-refractivity contribution in [3.05, 3.63) is 64.8 Å². The lowest BCUT2D eigenvalue weighted by Gasteiger charge is -2.41. The molecular formula is C28H28N2O8. The molecule has 6 rings (SSSR count). The number of phenols is 1. The van der Waals surface area contributed by atoms with E-state index < -0.39 is 5.97 Å². The van der Waals surface area contributed by atoms with E-state index in [2.05, 4.69) is 10.3 Å². The van der Waals surface area contributed by atoms with Crippen LogP contribution >= 0.6 is 0 Å². The van der Waals surface area contributed by atoms with Crippen LogP contribution in [0.2, 0.25) is 0 Å². The van der Waals surface area contributed by atoms with Gasteiger partial charge in [0.1, 0.15) is 5.82 Å². The average molecular weight is 521 g/mol. The van der Waals surface area contributed by atoms with Crippen molar-refractivity contribution in [2.75, 3.05) is 46.7 Å². The van der Waals surface area contributed by atoms with Gasteiger partial charge in [-0.15, -0.1) is 0 Å². The Labute approximate surface area is 219 Å². The molecule has 0 radical (unpaired) electrons. The van der Waals surface area contributed by atoms with Gasteiger partial charge in [0.05, 0.1) is 46.1 Å². The molecule has 3 heterocycles. The zero-order valence-electron chi connectivity index (χ0n) is 21.2. The molecule has 2 aliphatic heterocycles. The Morgan fingerprint density at radius 1 is 0.974 bits per heavy atom. The molecule has 0 bridgehead atoms. The van der Waals surface area contributed by atoms with Crippen LogP contribution in [0.15, 0.2) is 42.6 Å². The van der Waals surface area contributed by atoms with Gasteiger partial charge in [-0.2, -0.15) is 0 Å². The molecule has 1 saturated heterocycles. The number of aromatic hydroxyl groups is 1. The van der Waals surface area contributed by atoms with Crippen LogP contribution in [-0.4, -0.2) is 57.4 Å². The van der Waals surface area contributed by atoms with E-state index in [0.29, 0.717) is 47.6 Å². The summed E-state index contributed by atoms with van der Waals surface area (Å²) in [5.41, 5.74) is 3.41. The normalized spacial score (nSPS) is 22.8. The van der Waals surface area contributed by atoms with Gasteiger partial charge in [-0.3, -0.25) is 0 Å². The summed E-state index contributed by atoms with van der Waals surface area (Å²) in [4.78, 5) is 16.3. The second kappa shape index (κ2) is 9.60. The van der Waals surface area contributed by atoms with Gasteiger partial charge in [0.25, 0.3) is 0 Å². The highest BCUT2D eigenvalue weighted by molar-refractivity contribution is 5.89. The molecule has 1 fully saturated rings. The topological polar surface area (TPSA) is 118 Å². The third kappa shape index (κ3) is 3.92. The summed E-state index contributed by atoms with van der Waals surface area (Å²) < 4.78 is 33.3. The maximum absolute atomic E-state index is 11.9. The zero-order chi connectivity index (χ0) is 26.4. The maximum Gasteiger partial charge on any atom is 0.339 e. The molecule has 3 aliphatic rings. The van der Waals surface area contributed by atoms with Crippen molar-refractivity contribution in [2.45, 2.75) is 12.0 Å². The monoisotopic (exact) mass is 520 g/mol. The number of esters is 1. The first-order valence-corrected chi connectivity index (χ1v) is 12.3. The highest BCUT2D eigenvalue weighted by Crippen LogP contribution is 2.55. The summed E-state index contributed by atoms with van der Waals surface area (Å²) >= 11 is 0. The molecule has 10 heteroatoms. The number of nitrogens with one attached hydrogen (secondary N) is 1. The van der Waals surface area contributed by atoms with E-state index in [9.17, 15) is 9.90 Å². The highest BCUT2D eigenvalue weighted by Gasteiger charge is 2.48. The van der Waals surface area contributed by atoms with Crippen LogP contribution in [-0.2, 0) is 9.47 Å². The number of ether oxygens (including phenoxy) is 6. The molecule has 1 aromatic heterocycles. The molecule has 3 aromatic rings. The van der Waals surface area contributed by atoms with Crippen molar-refractivity contribution in [3.8, 4) is 28.7 Å². The van der Waals surface area contributed by atoms with Crippen LogP contribution in [0, 0.1) is 11.8 Å². The summed E-state index contributed by atoms with van der Waals surface area (Å²) in [6.45, 7) is 1.27. The number of aromatic nitrogens is 1. The molecule has 1 unspecified atom stereocenters. The molecule has 4 atom stereocenters. The summed E-state index contributed by atoms with van der Waals surface area (Å²) in [7, 11) is 4.38. The second-order valence-corrected chi connectivity index (χ2v) is 9.50. The lowest BCUT2D eigenvalue weighted by molar-refractivity contribution is 0.0600. The molecule has 2 N–H and O–H groups in total. The van der Waals surface area contributed by atoms with E-state index >= 15 is 0 Å². The van der Waals surface area contributed by atoms with Gasteiger partial charge in [0.15, 0.2) is 23.0 Å². The minimum Gasteiger partial charge on any atom is -0.502 e. The third-order valence-corrected chi connectivity index (χ3v) is 7.62. The smallest absolute Gasteiger partial charge is 0.339 e. The van der Waals surface area contributed by atoms with E-state index in [1.165, 1.54) is 27.5 Å². The number of pyridine rings is 1. The van der Waals surface area contributed by atoms with Gasteiger partial charge in [-0.1, -0.05) is 0 Å². The Hall–Kier alpha value is -4.18. The van der Waals surface area contributed by atoms with E-state index in [0.717, 1.165) is 16.7 Å². The number of nitrogens with zero attached hydrogens (tertiary/aromatic N) is 1. The fourth-order valence-corrected chi connectivity index (χ4v) is 5.83. The molecule has 2 aromatic carbocycles. The number of hydrogen-bond acceptors (Lipinski definition) is 10. The molecule has 0 spiro atoms. The van der Waals surface area contributed by atoms with Crippen molar-refractivity contribution < 1.29 is 38.3 Å². The second-order valence-electron chi connectivity index (χ2n) is 9.50. The Morgan fingerprint density at radius 3 is 2.29 bits per heavy atom. The number of anilines is 1. The van der Waals surface area contributed by atoms with Crippen molar-refractivity contribution >= 4 is 11.8 Å². The molecule has 10 nitrogen and oxygen atoms in total. The molecule has 0 saturated carbocycles. The Balaban J connectivity index is 1.46. The molecule has 1 aliphatic carbocycles. The van der Waals surface area contributed by atoms with Crippen LogP contribution in [0.3, 0.4) is 0 Å². The quantitative estimate of drug-likeness (QED) is 0.464. The van der Waals surface area contributed by atoms with Crippen LogP contribution < -0.4 is 24.3 Å². The SMILES string of the molecule is COC(=O)c1ccc(N[C@@H]2c3cc4c(cc3C(c3cc(OC)c(O)c(OC)c3)[C@H]3COC[C@H]23)OCO4)nc1. The van der Waals surface area contributed by atoms with E-state index in [4.69, 9.17) is 28.4 Å².